The molecule has 0 aromatic carbocycles. The van der Waals surface area contributed by atoms with E-state index in [1.807, 2.05) is 13.8 Å². The molecule has 0 aromatic heterocycles. The lowest BCUT2D eigenvalue weighted by Crippen LogP contribution is -2.01. The topological polar surface area (TPSA) is 43.1 Å². The standard InChI is InChI=1S/C8H10Cl3NO2S2/c1-3-15-7(10)5(9)6(12(13)14)8(11)16-4-2/h3-4H2,1-2H3/b7-5+,8-6+. The number of nitro groups is 1. The lowest BCUT2D eigenvalue weighted by Gasteiger charge is -2.02. The van der Waals surface area contributed by atoms with E-state index >= 15 is 0 Å². The van der Waals surface area contributed by atoms with E-state index in [2.05, 4.69) is 0 Å². The zero-order valence-corrected chi connectivity index (χ0v) is 12.5. The quantitative estimate of drug-likeness (QED) is 0.399. The van der Waals surface area contributed by atoms with Crippen LogP contribution >= 0.6 is 58.3 Å². The van der Waals surface area contributed by atoms with E-state index in [1.165, 1.54) is 11.8 Å². The van der Waals surface area contributed by atoms with Gasteiger partial charge >= 0.3 is 5.70 Å². The van der Waals surface area contributed by atoms with Gasteiger partial charge in [-0.25, -0.2) is 0 Å². The highest BCUT2D eigenvalue weighted by atomic mass is 35.5. The highest BCUT2D eigenvalue weighted by Gasteiger charge is 2.24. The second-order valence-corrected chi connectivity index (χ2v) is 6.46. The fraction of sp³-hybridized carbons (Fsp3) is 0.500. The molecule has 0 saturated carbocycles. The summed E-state index contributed by atoms with van der Waals surface area (Å²) < 4.78 is 0.234. The largest absolute Gasteiger partial charge is 0.314 e. The minimum atomic E-state index is -0.619. The van der Waals surface area contributed by atoms with Crippen LogP contribution in [0, 0.1) is 10.1 Å². The number of nitrogens with zero attached hydrogens (tertiary/aromatic N) is 1. The van der Waals surface area contributed by atoms with Crippen LogP contribution in [0.5, 0.6) is 0 Å². The van der Waals surface area contributed by atoms with E-state index in [4.69, 9.17) is 34.8 Å². The molecule has 3 nitrogen and oxygen atoms in total. The molecule has 0 bridgehead atoms. The first kappa shape index (κ1) is 16.4. The molecule has 0 aromatic rings. The minimum absolute atomic E-state index is 0.0485. The van der Waals surface area contributed by atoms with Crippen molar-refractivity contribution in [3.05, 3.63) is 29.6 Å². The first-order valence-corrected chi connectivity index (χ1v) is 7.41. The molecule has 0 N–H and O–H groups in total. The molecule has 0 spiro atoms. The van der Waals surface area contributed by atoms with E-state index in [-0.39, 0.29) is 19.5 Å². The highest BCUT2D eigenvalue weighted by molar-refractivity contribution is 8.05. The second kappa shape index (κ2) is 8.53. The minimum Gasteiger partial charge on any atom is -0.258 e. The summed E-state index contributed by atoms with van der Waals surface area (Å²) in [5.74, 6) is 1.30. The summed E-state index contributed by atoms with van der Waals surface area (Å²) in [7, 11) is 0. The third-order valence-corrected chi connectivity index (χ3v) is 4.37. The van der Waals surface area contributed by atoms with Gasteiger partial charge in [0.05, 0.1) is 9.29 Å². The lowest BCUT2D eigenvalue weighted by molar-refractivity contribution is -0.419. The molecule has 0 amide bonds. The van der Waals surface area contributed by atoms with Gasteiger partial charge in [-0.05, 0) is 11.5 Å². The van der Waals surface area contributed by atoms with E-state index in [9.17, 15) is 10.1 Å². The third kappa shape index (κ3) is 5.19. The number of allylic oxidation sites excluding steroid dienone is 1. The van der Waals surface area contributed by atoms with Crippen LogP contribution in [-0.4, -0.2) is 16.4 Å². The smallest absolute Gasteiger partial charge is 0.258 e. The van der Waals surface area contributed by atoms with E-state index in [0.29, 0.717) is 11.5 Å². The van der Waals surface area contributed by atoms with Crippen molar-refractivity contribution >= 4 is 58.3 Å². The van der Waals surface area contributed by atoms with E-state index < -0.39 is 4.92 Å². The van der Waals surface area contributed by atoms with Crippen molar-refractivity contribution in [1.29, 1.82) is 0 Å². The van der Waals surface area contributed by atoms with Crippen molar-refractivity contribution in [3.63, 3.8) is 0 Å². The Morgan fingerprint density at radius 2 is 1.56 bits per heavy atom. The molecule has 0 saturated heterocycles. The van der Waals surface area contributed by atoms with Crippen LogP contribution < -0.4 is 0 Å². The first-order chi connectivity index (χ1) is 7.45. The van der Waals surface area contributed by atoms with Gasteiger partial charge < -0.3 is 0 Å². The van der Waals surface area contributed by atoms with Gasteiger partial charge in [0.15, 0.2) is 4.36 Å². The summed E-state index contributed by atoms with van der Waals surface area (Å²) in [5, 5.41) is 10.7. The van der Waals surface area contributed by atoms with Gasteiger partial charge in [-0.1, -0.05) is 48.7 Å². The molecular weight excluding hydrogens is 313 g/mol. The Hall–Kier alpha value is 0.450. The number of thioether (sulfide) groups is 2. The summed E-state index contributed by atoms with van der Waals surface area (Å²) in [6, 6.07) is 0. The van der Waals surface area contributed by atoms with Crippen molar-refractivity contribution in [1.82, 2.24) is 0 Å². The summed E-state index contributed by atoms with van der Waals surface area (Å²) in [5.41, 5.74) is -0.332. The predicted octanol–water partition coefficient (Wildman–Crippen LogP) is 4.82. The maximum atomic E-state index is 10.8. The predicted molar refractivity (Wildman–Crippen MR) is 74.9 cm³/mol. The van der Waals surface area contributed by atoms with Crippen LogP contribution in [0.1, 0.15) is 13.8 Å². The highest BCUT2D eigenvalue weighted by Crippen LogP contribution is 2.36. The van der Waals surface area contributed by atoms with E-state index in [0.717, 1.165) is 11.8 Å². The maximum Gasteiger partial charge on any atom is 0.314 e. The fourth-order valence-corrected chi connectivity index (χ4v) is 3.10. The first-order valence-electron chi connectivity index (χ1n) is 4.31. The molecule has 92 valence electrons. The normalized spacial score (nSPS) is 14.3. The molecule has 0 aliphatic rings. The average molecular weight is 323 g/mol. The third-order valence-electron chi connectivity index (χ3n) is 1.29. The molecule has 0 atom stereocenters. The maximum absolute atomic E-state index is 10.8. The molecule has 8 heteroatoms. The van der Waals surface area contributed by atoms with Crippen LogP contribution in [-0.2, 0) is 0 Å². The number of rotatable bonds is 6. The Balaban J connectivity index is 5.30. The van der Waals surface area contributed by atoms with Gasteiger partial charge in [0.2, 0.25) is 0 Å². The SMILES string of the molecule is CCS/C(Cl)=C(Cl)\C(=C(\Cl)SCC)[N+](=O)[O-]. The molecule has 0 rings (SSSR count). The van der Waals surface area contributed by atoms with Crippen molar-refractivity contribution < 1.29 is 4.92 Å². The van der Waals surface area contributed by atoms with Crippen LogP contribution in [0.4, 0.5) is 0 Å². The number of hydrogen-bond donors (Lipinski definition) is 0. The summed E-state index contributed by atoms with van der Waals surface area (Å²) in [6.07, 6.45) is 0. The molecule has 16 heavy (non-hydrogen) atoms. The Kier molecular flexibility index (Phi) is 8.77. The molecule has 0 heterocycles. The van der Waals surface area contributed by atoms with Crippen molar-refractivity contribution in [2.45, 2.75) is 13.8 Å². The van der Waals surface area contributed by atoms with Gasteiger partial charge in [0.1, 0.15) is 5.03 Å². The van der Waals surface area contributed by atoms with Crippen molar-refractivity contribution in [3.8, 4) is 0 Å². The number of halogens is 3. The zero-order valence-electron chi connectivity index (χ0n) is 8.63. The van der Waals surface area contributed by atoms with Crippen LogP contribution in [0.25, 0.3) is 0 Å². The molecule has 0 aliphatic heterocycles. The number of hydrogen-bond acceptors (Lipinski definition) is 4. The van der Waals surface area contributed by atoms with Gasteiger partial charge in [-0.3, -0.25) is 10.1 Å². The van der Waals surface area contributed by atoms with Crippen LogP contribution in [0.2, 0.25) is 0 Å². The summed E-state index contributed by atoms with van der Waals surface area (Å²) in [6.45, 7) is 3.71. The Labute approximate surface area is 118 Å². The fourth-order valence-electron chi connectivity index (χ4n) is 0.716. The lowest BCUT2D eigenvalue weighted by atomic mass is 10.5. The molecule has 0 radical (unpaired) electrons. The van der Waals surface area contributed by atoms with Crippen molar-refractivity contribution in [2.24, 2.45) is 0 Å². The monoisotopic (exact) mass is 321 g/mol. The zero-order chi connectivity index (χ0) is 12.7. The van der Waals surface area contributed by atoms with Gasteiger partial charge in [0, 0.05) is 0 Å². The summed E-state index contributed by atoms with van der Waals surface area (Å²) in [4.78, 5) is 10.2. The van der Waals surface area contributed by atoms with Gasteiger partial charge in [-0.2, -0.15) is 0 Å². The second-order valence-electron chi connectivity index (χ2n) is 2.33. The van der Waals surface area contributed by atoms with Gasteiger partial charge in [-0.15, -0.1) is 23.5 Å². The Morgan fingerprint density at radius 3 is 1.94 bits per heavy atom. The van der Waals surface area contributed by atoms with E-state index in [1.54, 1.807) is 0 Å². The molecule has 0 aliphatic carbocycles. The Morgan fingerprint density at radius 1 is 1.12 bits per heavy atom. The van der Waals surface area contributed by atoms with Crippen LogP contribution in [0.3, 0.4) is 0 Å². The van der Waals surface area contributed by atoms with Crippen molar-refractivity contribution in [2.75, 3.05) is 11.5 Å². The average Bonchev–Trinajstić information content (AvgIpc) is 2.17. The summed E-state index contributed by atoms with van der Waals surface area (Å²) >= 11 is 19.8. The van der Waals surface area contributed by atoms with Crippen LogP contribution in [0.15, 0.2) is 19.5 Å². The van der Waals surface area contributed by atoms with Gasteiger partial charge in [0.25, 0.3) is 0 Å². The molecule has 0 fully saturated rings. The Bertz CT molecular complexity index is 331. The molecule has 0 unspecified atom stereocenters. The molecular formula is C8H10Cl3NO2S2.